The lowest BCUT2D eigenvalue weighted by atomic mass is 9.89. The molecule has 12 nitrogen and oxygen atoms in total. The van der Waals surface area contributed by atoms with Crippen molar-refractivity contribution < 1.29 is 29.0 Å². The molecule has 0 aliphatic carbocycles. The van der Waals surface area contributed by atoms with Crippen LogP contribution in [-0.2, 0) is 20.9 Å². The molecule has 0 radical (unpaired) electrons. The van der Waals surface area contributed by atoms with Crippen molar-refractivity contribution in [3.63, 3.8) is 0 Å². The number of rotatable bonds is 7. The van der Waals surface area contributed by atoms with Crippen molar-refractivity contribution in [2.75, 3.05) is 23.0 Å². The Balaban J connectivity index is 1.53. The average Bonchev–Trinajstić information content (AvgIpc) is 3.31. The zero-order valence-corrected chi connectivity index (χ0v) is 19.3. The van der Waals surface area contributed by atoms with Crippen molar-refractivity contribution in [3.05, 3.63) is 28.7 Å². The number of carbonyl (C=O) groups is 3. The molecule has 2 N–H and O–H groups in total. The van der Waals surface area contributed by atoms with Crippen LogP contribution >= 0.6 is 23.5 Å². The molecular formula is C19H21N5O7S2. The van der Waals surface area contributed by atoms with E-state index in [1.807, 2.05) is 0 Å². The van der Waals surface area contributed by atoms with Gasteiger partial charge in [-0.25, -0.2) is 0 Å². The third kappa shape index (κ3) is 3.86. The van der Waals surface area contributed by atoms with E-state index in [-0.39, 0.29) is 47.5 Å². The van der Waals surface area contributed by atoms with Gasteiger partial charge in [-0.1, -0.05) is 11.8 Å². The molecule has 4 rings (SSSR count). The van der Waals surface area contributed by atoms with Crippen LogP contribution in [0.4, 0.5) is 5.88 Å². The van der Waals surface area contributed by atoms with Crippen LogP contribution in [0.2, 0.25) is 0 Å². The lowest BCUT2D eigenvalue weighted by Crippen LogP contribution is -2.74. The van der Waals surface area contributed by atoms with Gasteiger partial charge in [0.15, 0.2) is 5.16 Å². The molecule has 2 aromatic rings. The number of aromatic hydroxyl groups is 1. The summed E-state index contributed by atoms with van der Waals surface area (Å²) in [4.78, 5) is 52.3. The van der Waals surface area contributed by atoms with Gasteiger partial charge >= 0.3 is 11.5 Å². The number of aromatic nitrogens is 3. The van der Waals surface area contributed by atoms with E-state index in [0.717, 1.165) is 11.8 Å². The summed E-state index contributed by atoms with van der Waals surface area (Å²) in [7, 11) is 0. The minimum atomic E-state index is -1.30. The van der Waals surface area contributed by atoms with Crippen molar-refractivity contribution in [1.82, 2.24) is 19.7 Å². The summed E-state index contributed by atoms with van der Waals surface area (Å²) in [6.07, 6.45) is 1.41. The fourth-order valence-corrected chi connectivity index (χ4v) is 6.77. The summed E-state index contributed by atoms with van der Waals surface area (Å²) >= 11 is 2.32. The van der Waals surface area contributed by atoms with E-state index in [0.29, 0.717) is 0 Å². The molecular weight excluding hydrogens is 474 g/mol. The first-order valence-corrected chi connectivity index (χ1v) is 12.0. The molecule has 0 bridgehead atoms. The third-order valence-electron chi connectivity index (χ3n) is 5.62. The number of hydrogen-bond donors (Lipinski definition) is 2. The Morgan fingerprint density at radius 3 is 2.76 bits per heavy atom. The largest absolute Gasteiger partial charge is 0.488 e. The second-order valence-corrected chi connectivity index (χ2v) is 9.73. The van der Waals surface area contributed by atoms with E-state index in [1.54, 1.807) is 19.1 Å². The SMILES string of the molecule is CCn1c(SCC2(C(=O)O)CS[C@@H]3C(N(C(C)=O)c4ccco4)C(=O)N3C2)nnc(O)c1=O. The van der Waals surface area contributed by atoms with E-state index in [1.165, 1.54) is 39.3 Å². The maximum Gasteiger partial charge on any atom is 0.316 e. The first-order chi connectivity index (χ1) is 15.7. The van der Waals surface area contributed by atoms with Gasteiger partial charge < -0.3 is 19.5 Å². The van der Waals surface area contributed by atoms with Gasteiger partial charge in [0.25, 0.3) is 5.88 Å². The number of carboxylic acid groups (broad SMARTS) is 1. The molecule has 3 atom stereocenters. The summed E-state index contributed by atoms with van der Waals surface area (Å²) in [5, 5.41) is 26.6. The number of carboxylic acids is 1. The monoisotopic (exact) mass is 495 g/mol. The molecule has 4 heterocycles. The van der Waals surface area contributed by atoms with Crippen molar-refractivity contribution >= 4 is 47.2 Å². The predicted octanol–water partition coefficient (Wildman–Crippen LogP) is 0.457. The van der Waals surface area contributed by atoms with Crippen LogP contribution in [0, 0.1) is 5.41 Å². The second-order valence-electron chi connectivity index (χ2n) is 7.68. The molecule has 0 spiro atoms. The molecule has 0 saturated carbocycles. The Labute approximate surface area is 195 Å². The number of nitrogens with zero attached hydrogens (tertiary/aromatic N) is 5. The Morgan fingerprint density at radius 2 is 2.15 bits per heavy atom. The third-order valence-corrected chi connectivity index (χ3v) is 8.45. The number of β-lactam (4-membered cyclic amide) rings is 1. The van der Waals surface area contributed by atoms with Gasteiger partial charge in [-0.15, -0.1) is 22.0 Å². The van der Waals surface area contributed by atoms with Crippen LogP contribution in [0.3, 0.4) is 0 Å². The summed E-state index contributed by atoms with van der Waals surface area (Å²) in [5.41, 5.74) is -2.01. The maximum atomic E-state index is 13.0. The predicted molar refractivity (Wildman–Crippen MR) is 118 cm³/mol. The highest BCUT2D eigenvalue weighted by Crippen LogP contribution is 2.46. The van der Waals surface area contributed by atoms with Crippen LogP contribution in [0.5, 0.6) is 5.88 Å². The van der Waals surface area contributed by atoms with Gasteiger partial charge in [0, 0.05) is 37.6 Å². The molecule has 0 aromatic carbocycles. The first kappa shape index (κ1) is 23.2. The van der Waals surface area contributed by atoms with Gasteiger partial charge in [0.2, 0.25) is 17.7 Å². The number of fused-ring (bicyclic) bond motifs is 1. The summed E-state index contributed by atoms with van der Waals surface area (Å²) in [5.74, 6) is -2.04. The van der Waals surface area contributed by atoms with Crippen molar-refractivity contribution in [2.24, 2.45) is 5.41 Å². The Hall–Kier alpha value is -3.00. The van der Waals surface area contributed by atoms with Crippen LogP contribution in [-0.4, -0.2) is 77.1 Å². The van der Waals surface area contributed by atoms with E-state index >= 15 is 0 Å². The molecule has 176 valence electrons. The quantitative estimate of drug-likeness (QED) is 0.406. The standard InChI is InChI=1S/C19H21N5O7S2/c1-3-22-15(28)13(26)20-21-18(22)33-9-19(17(29)30)7-23-14(27)12(16(23)32-8-19)24(10(2)25)11-5-4-6-31-11/h4-6,12,16H,3,7-9H2,1-2H3,(H,20,26)(H,29,30)/t12?,16-,19?/m1/s1. The van der Waals surface area contributed by atoms with Gasteiger partial charge in [0.1, 0.15) is 16.8 Å². The molecule has 2 aromatic heterocycles. The average molecular weight is 496 g/mol. The number of aliphatic carboxylic acids is 1. The second kappa shape index (κ2) is 8.74. The van der Waals surface area contributed by atoms with E-state index in [2.05, 4.69) is 10.2 Å². The van der Waals surface area contributed by atoms with Gasteiger partial charge in [-0.05, 0) is 13.0 Å². The maximum absolute atomic E-state index is 13.0. The summed E-state index contributed by atoms with van der Waals surface area (Å²) in [6.45, 7) is 3.21. The highest BCUT2D eigenvalue weighted by Gasteiger charge is 2.59. The number of thioether (sulfide) groups is 2. The minimum absolute atomic E-state index is 0.0317. The molecule has 33 heavy (non-hydrogen) atoms. The van der Waals surface area contributed by atoms with Crippen molar-refractivity contribution in [2.45, 2.75) is 37.0 Å². The summed E-state index contributed by atoms with van der Waals surface area (Å²) in [6, 6.07) is 2.44. The lowest BCUT2D eigenvalue weighted by Gasteiger charge is -2.55. The smallest absolute Gasteiger partial charge is 0.316 e. The number of hydrogen-bond acceptors (Lipinski definition) is 10. The molecule has 2 amide bonds. The molecule has 2 unspecified atom stereocenters. The Kier molecular flexibility index (Phi) is 6.14. The fourth-order valence-electron chi connectivity index (χ4n) is 3.87. The minimum Gasteiger partial charge on any atom is -0.488 e. The topological polar surface area (TPSA) is 159 Å². The molecule has 2 saturated heterocycles. The highest BCUT2D eigenvalue weighted by atomic mass is 32.2. The molecule has 2 aliphatic rings. The lowest BCUT2D eigenvalue weighted by molar-refractivity contribution is -0.156. The van der Waals surface area contributed by atoms with Gasteiger partial charge in [-0.3, -0.25) is 28.6 Å². The van der Waals surface area contributed by atoms with Crippen molar-refractivity contribution in [1.29, 1.82) is 0 Å². The zero-order valence-electron chi connectivity index (χ0n) is 17.7. The summed E-state index contributed by atoms with van der Waals surface area (Å²) < 4.78 is 6.53. The van der Waals surface area contributed by atoms with Crippen LogP contribution in [0.25, 0.3) is 0 Å². The number of carbonyl (C=O) groups excluding carboxylic acids is 2. The Morgan fingerprint density at radius 1 is 1.39 bits per heavy atom. The normalized spacial score (nSPS) is 24.2. The first-order valence-electron chi connectivity index (χ1n) is 9.98. The molecule has 14 heteroatoms. The van der Waals surface area contributed by atoms with Crippen LogP contribution in [0.1, 0.15) is 13.8 Å². The van der Waals surface area contributed by atoms with Crippen LogP contribution in [0.15, 0.2) is 32.8 Å². The van der Waals surface area contributed by atoms with Gasteiger partial charge in [-0.2, -0.15) is 0 Å². The van der Waals surface area contributed by atoms with E-state index < -0.39 is 34.2 Å². The number of amides is 2. The molecule has 2 fully saturated rings. The van der Waals surface area contributed by atoms with Crippen molar-refractivity contribution in [3.8, 4) is 5.88 Å². The Bertz CT molecular complexity index is 1150. The molecule has 2 aliphatic heterocycles. The van der Waals surface area contributed by atoms with E-state index in [4.69, 9.17) is 4.42 Å². The van der Waals surface area contributed by atoms with Crippen LogP contribution < -0.4 is 10.5 Å². The van der Waals surface area contributed by atoms with E-state index in [9.17, 15) is 29.4 Å². The fraction of sp³-hybridized carbons (Fsp3) is 0.474. The zero-order chi connectivity index (χ0) is 23.9. The highest BCUT2D eigenvalue weighted by molar-refractivity contribution is 8.00. The van der Waals surface area contributed by atoms with Gasteiger partial charge in [0.05, 0.1) is 6.26 Å². The number of anilines is 1. The number of furan rings is 1.